The smallest absolute Gasteiger partial charge is 0.0162 e. The van der Waals surface area contributed by atoms with Crippen molar-refractivity contribution in [3.8, 4) is 0 Å². The lowest BCUT2D eigenvalue weighted by Gasteiger charge is -2.40. The first-order valence-electron chi connectivity index (χ1n) is 8.25. The van der Waals surface area contributed by atoms with Gasteiger partial charge in [0.05, 0.1) is 0 Å². The second kappa shape index (κ2) is 7.86. The molecule has 0 amide bonds. The maximum absolute atomic E-state index is 2.35. The minimum atomic E-state index is 0. The number of hydrogen-bond acceptors (Lipinski definition) is 0. The standard InChI is InChI=1S/C19H30.CH4/c1-4-12-19(13-5-2)14-10-18(11-15-19)17-8-6-16(3)7-9-17;/h6-9,18H,4-5,10-15H2,1-3H3;1H4. The Balaban J connectivity index is 0.00000200. The van der Waals surface area contributed by atoms with Crippen LogP contribution < -0.4 is 0 Å². The van der Waals surface area contributed by atoms with Gasteiger partial charge in [0.2, 0.25) is 0 Å². The van der Waals surface area contributed by atoms with Gasteiger partial charge in [0.1, 0.15) is 0 Å². The second-order valence-corrected chi connectivity index (χ2v) is 6.68. The van der Waals surface area contributed by atoms with E-state index in [1.165, 1.54) is 56.9 Å². The van der Waals surface area contributed by atoms with Gasteiger partial charge in [0, 0.05) is 0 Å². The first-order valence-corrected chi connectivity index (χ1v) is 8.25. The van der Waals surface area contributed by atoms with E-state index < -0.39 is 0 Å². The Bertz CT molecular complexity index is 358. The molecule has 114 valence electrons. The van der Waals surface area contributed by atoms with Crippen molar-refractivity contribution >= 4 is 0 Å². The van der Waals surface area contributed by atoms with E-state index in [1.54, 1.807) is 5.56 Å². The summed E-state index contributed by atoms with van der Waals surface area (Å²) in [4.78, 5) is 0. The molecule has 1 aliphatic rings. The zero-order valence-electron chi connectivity index (χ0n) is 13.0. The summed E-state index contributed by atoms with van der Waals surface area (Å²) in [6.07, 6.45) is 11.3. The molecule has 0 N–H and O–H groups in total. The summed E-state index contributed by atoms with van der Waals surface area (Å²) in [7, 11) is 0. The highest BCUT2D eigenvalue weighted by molar-refractivity contribution is 5.25. The Kier molecular flexibility index (Phi) is 6.79. The third kappa shape index (κ3) is 4.11. The molecule has 0 nitrogen and oxygen atoms in total. The van der Waals surface area contributed by atoms with E-state index in [9.17, 15) is 0 Å². The average molecular weight is 274 g/mol. The fourth-order valence-corrected chi connectivity index (χ4v) is 4.09. The van der Waals surface area contributed by atoms with Crippen molar-refractivity contribution in [2.75, 3.05) is 0 Å². The van der Waals surface area contributed by atoms with Gasteiger partial charge in [0.15, 0.2) is 0 Å². The van der Waals surface area contributed by atoms with E-state index in [4.69, 9.17) is 0 Å². The first-order chi connectivity index (χ1) is 9.19. The highest BCUT2D eigenvalue weighted by Crippen LogP contribution is 2.48. The fourth-order valence-electron chi connectivity index (χ4n) is 4.09. The third-order valence-electron chi connectivity index (χ3n) is 5.16. The van der Waals surface area contributed by atoms with Crippen molar-refractivity contribution in [1.29, 1.82) is 0 Å². The lowest BCUT2D eigenvalue weighted by atomic mass is 9.65. The Morgan fingerprint density at radius 1 is 0.950 bits per heavy atom. The molecule has 20 heavy (non-hydrogen) atoms. The molecule has 1 fully saturated rings. The molecule has 0 unspecified atom stereocenters. The van der Waals surface area contributed by atoms with Gasteiger partial charge in [0.25, 0.3) is 0 Å². The van der Waals surface area contributed by atoms with Crippen LogP contribution in [0.4, 0.5) is 0 Å². The number of benzene rings is 1. The highest BCUT2D eigenvalue weighted by Gasteiger charge is 2.33. The van der Waals surface area contributed by atoms with Crippen LogP contribution >= 0.6 is 0 Å². The molecule has 0 bridgehead atoms. The predicted octanol–water partition coefficient (Wildman–Crippen LogP) is 6.88. The Morgan fingerprint density at radius 3 is 1.90 bits per heavy atom. The molecule has 0 spiro atoms. The van der Waals surface area contributed by atoms with Crippen LogP contribution in [-0.4, -0.2) is 0 Å². The van der Waals surface area contributed by atoms with E-state index in [1.807, 2.05) is 0 Å². The molecule has 2 rings (SSSR count). The number of aryl methyl sites for hydroxylation is 1. The Hall–Kier alpha value is -0.780. The first kappa shape index (κ1) is 17.3. The topological polar surface area (TPSA) is 0 Å². The summed E-state index contributed by atoms with van der Waals surface area (Å²) in [6, 6.07) is 9.25. The molecule has 0 heterocycles. The molecule has 0 aromatic heterocycles. The molecule has 1 saturated carbocycles. The molecular weight excluding hydrogens is 240 g/mol. The largest absolute Gasteiger partial charge is 0.0776 e. The molecule has 1 aromatic rings. The van der Waals surface area contributed by atoms with Crippen molar-refractivity contribution in [1.82, 2.24) is 0 Å². The normalized spacial score (nSPS) is 18.6. The van der Waals surface area contributed by atoms with Gasteiger partial charge in [-0.25, -0.2) is 0 Å². The van der Waals surface area contributed by atoms with Gasteiger partial charge in [-0.1, -0.05) is 63.9 Å². The van der Waals surface area contributed by atoms with E-state index in [0.717, 1.165) is 5.92 Å². The van der Waals surface area contributed by atoms with Crippen LogP contribution in [0.2, 0.25) is 0 Å². The molecular formula is C20H34. The Morgan fingerprint density at radius 2 is 1.45 bits per heavy atom. The summed E-state index contributed by atoms with van der Waals surface area (Å²) < 4.78 is 0. The van der Waals surface area contributed by atoms with Crippen LogP contribution in [-0.2, 0) is 0 Å². The van der Waals surface area contributed by atoms with Crippen molar-refractivity contribution < 1.29 is 0 Å². The summed E-state index contributed by atoms with van der Waals surface area (Å²) >= 11 is 0. The zero-order chi connectivity index (χ0) is 13.7. The van der Waals surface area contributed by atoms with E-state index >= 15 is 0 Å². The maximum atomic E-state index is 2.35. The fraction of sp³-hybridized carbons (Fsp3) is 0.700. The van der Waals surface area contributed by atoms with E-state index in [0.29, 0.717) is 5.41 Å². The summed E-state index contributed by atoms with van der Waals surface area (Å²) in [5, 5.41) is 0. The van der Waals surface area contributed by atoms with Gasteiger partial charge < -0.3 is 0 Å². The quantitative estimate of drug-likeness (QED) is 0.549. The van der Waals surface area contributed by atoms with Crippen LogP contribution in [0, 0.1) is 12.3 Å². The molecule has 1 aliphatic carbocycles. The predicted molar refractivity (Wildman–Crippen MR) is 91.4 cm³/mol. The average Bonchev–Trinajstić information content (AvgIpc) is 2.41. The molecule has 0 heteroatoms. The van der Waals surface area contributed by atoms with Crippen molar-refractivity contribution in [2.24, 2.45) is 5.41 Å². The minimum Gasteiger partial charge on any atom is -0.0776 e. The summed E-state index contributed by atoms with van der Waals surface area (Å²) in [6.45, 7) is 6.88. The van der Waals surface area contributed by atoms with Crippen molar-refractivity contribution in [3.63, 3.8) is 0 Å². The van der Waals surface area contributed by atoms with Crippen LogP contribution in [0.3, 0.4) is 0 Å². The number of rotatable bonds is 5. The van der Waals surface area contributed by atoms with Crippen LogP contribution in [0.25, 0.3) is 0 Å². The van der Waals surface area contributed by atoms with E-state index in [2.05, 4.69) is 45.0 Å². The summed E-state index contributed by atoms with van der Waals surface area (Å²) in [5.41, 5.74) is 3.64. The van der Waals surface area contributed by atoms with Gasteiger partial charge >= 0.3 is 0 Å². The minimum absolute atomic E-state index is 0. The molecule has 0 saturated heterocycles. The summed E-state index contributed by atoms with van der Waals surface area (Å²) in [5.74, 6) is 0.822. The van der Waals surface area contributed by atoms with Gasteiger partial charge in [-0.05, 0) is 62.3 Å². The third-order valence-corrected chi connectivity index (χ3v) is 5.16. The molecule has 0 atom stereocenters. The number of hydrogen-bond donors (Lipinski definition) is 0. The lowest BCUT2D eigenvalue weighted by Crippen LogP contribution is -2.26. The Labute approximate surface area is 127 Å². The highest BCUT2D eigenvalue weighted by atomic mass is 14.4. The zero-order valence-corrected chi connectivity index (χ0v) is 13.0. The van der Waals surface area contributed by atoms with Crippen molar-refractivity contribution in [3.05, 3.63) is 35.4 Å². The van der Waals surface area contributed by atoms with Crippen LogP contribution in [0.5, 0.6) is 0 Å². The van der Waals surface area contributed by atoms with Crippen LogP contribution in [0.1, 0.15) is 89.7 Å². The van der Waals surface area contributed by atoms with E-state index in [-0.39, 0.29) is 7.43 Å². The molecule has 1 aromatic carbocycles. The SMILES string of the molecule is C.CCCC1(CCC)CCC(c2ccc(C)cc2)CC1. The molecule has 0 radical (unpaired) electrons. The monoisotopic (exact) mass is 274 g/mol. The lowest BCUT2D eigenvalue weighted by molar-refractivity contribution is 0.142. The maximum Gasteiger partial charge on any atom is -0.0162 e. The second-order valence-electron chi connectivity index (χ2n) is 6.68. The van der Waals surface area contributed by atoms with Gasteiger partial charge in [-0.3, -0.25) is 0 Å². The van der Waals surface area contributed by atoms with Gasteiger partial charge in [-0.15, -0.1) is 0 Å². The molecule has 0 aliphatic heterocycles. The van der Waals surface area contributed by atoms with Gasteiger partial charge in [-0.2, -0.15) is 0 Å². The van der Waals surface area contributed by atoms with Crippen molar-refractivity contribution in [2.45, 2.75) is 85.5 Å². The van der Waals surface area contributed by atoms with Crippen LogP contribution in [0.15, 0.2) is 24.3 Å².